The van der Waals surface area contributed by atoms with Crippen molar-refractivity contribution in [2.75, 3.05) is 20.0 Å². The number of hydrogen-bond acceptors (Lipinski definition) is 2. The molecule has 0 radical (unpaired) electrons. The van der Waals surface area contributed by atoms with E-state index in [4.69, 9.17) is 24.3 Å². The molecule has 0 spiro atoms. The van der Waals surface area contributed by atoms with Crippen LogP contribution in [0.15, 0.2) is 0 Å². The molecule has 0 bridgehead atoms. The predicted molar refractivity (Wildman–Crippen MR) is 50.0 cm³/mol. The molecule has 0 aliphatic carbocycles. The third-order valence-corrected chi connectivity index (χ3v) is 0. The Labute approximate surface area is 74.1 Å². The minimum Gasteiger partial charge on any atom is -0.481 e. The Morgan fingerprint density at radius 3 is 1.25 bits per heavy atom. The smallest absolute Gasteiger partial charge is 0.481 e. The van der Waals surface area contributed by atoms with Crippen LogP contribution >= 0.6 is 16.2 Å². The molecule has 7 heteroatoms. The topological polar surface area (TPSA) is 94.8 Å². The minimum absolute atomic E-state index is 0.380. The molecule has 0 aromatic heterocycles. The van der Waals surface area contributed by atoms with Crippen molar-refractivity contribution in [1.29, 1.82) is 0 Å². The van der Waals surface area contributed by atoms with Gasteiger partial charge in [0.2, 0.25) is 0 Å². The quantitative estimate of drug-likeness (QED) is 0.527. The molecule has 3 N–H and O–H groups in total. The highest BCUT2D eigenvalue weighted by Crippen LogP contribution is 2.14. The van der Waals surface area contributed by atoms with Crippen LogP contribution < -0.4 is 0 Å². The molecule has 0 saturated carbocycles. The second-order valence-electron chi connectivity index (χ2n) is 2.11. The molecule has 0 heterocycles. The number of carboxylic acids is 1. The third-order valence-electron chi connectivity index (χ3n) is 0. The van der Waals surface area contributed by atoms with Gasteiger partial charge in [0, 0.05) is 11.5 Å². The van der Waals surface area contributed by atoms with E-state index < -0.39 is 14.2 Å². The first-order valence-electron chi connectivity index (χ1n) is 2.85. The van der Waals surface area contributed by atoms with Crippen LogP contribution in [0.5, 0.6) is 0 Å². The number of carbonyl (C=O) groups is 1. The normalized spacial score (nSPS) is 7.25. The molecular formula is C5H15O5P2+. The zero-order chi connectivity index (χ0) is 10.7. The molecule has 12 heavy (non-hydrogen) atoms. The number of rotatable bonds is 0. The van der Waals surface area contributed by atoms with Gasteiger partial charge in [-0.2, -0.15) is 0 Å². The lowest BCUT2D eigenvalue weighted by atomic mass is 10.9. The molecule has 0 unspecified atom stereocenters. The van der Waals surface area contributed by atoms with Crippen LogP contribution in [0, 0.1) is 0 Å². The molecule has 0 amide bonds. The van der Waals surface area contributed by atoms with E-state index in [2.05, 4.69) is 20.0 Å². The van der Waals surface area contributed by atoms with E-state index in [0.29, 0.717) is 7.92 Å². The zero-order valence-electron chi connectivity index (χ0n) is 7.55. The lowest BCUT2D eigenvalue weighted by molar-refractivity contribution is -0.134. The van der Waals surface area contributed by atoms with Gasteiger partial charge < -0.3 is 5.11 Å². The highest BCUT2D eigenvalue weighted by molar-refractivity contribution is 7.55. The van der Waals surface area contributed by atoms with Gasteiger partial charge in [-0.15, -0.1) is 17.7 Å². The van der Waals surface area contributed by atoms with E-state index in [1.165, 1.54) is 0 Å². The van der Waals surface area contributed by atoms with Crippen molar-refractivity contribution in [3.63, 3.8) is 0 Å². The van der Waals surface area contributed by atoms with Crippen molar-refractivity contribution in [3.05, 3.63) is 0 Å². The van der Waals surface area contributed by atoms with Crippen molar-refractivity contribution < 1.29 is 24.3 Å². The molecule has 0 fully saturated rings. The summed E-state index contributed by atoms with van der Waals surface area (Å²) in [5, 5.41) is 7.42. The second-order valence-corrected chi connectivity index (χ2v) is 5.30. The lowest BCUT2D eigenvalue weighted by Crippen LogP contribution is -1.78. The highest BCUT2D eigenvalue weighted by Gasteiger charge is 1.93. The van der Waals surface area contributed by atoms with E-state index in [0.717, 1.165) is 6.92 Å². The van der Waals surface area contributed by atoms with Crippen molar-refractivity contribution in [2.45, 2.75) is 6.92 Å². The van der Waals surface area contributed by atoms with Crippen molar-refractivity contribution >= 4 is 22.1 Å². The maximum absolute atomic E-state index is 9.00. The Hall–Kier alpha value is -0.0800. The van der Waals surface area contributed by atoms with E-state index in [1.54, 1.807) is 0 Å². The minimum atomic E-state index is -2.87. The molecule has 74 valence electrons. The summed E-state index contributed by atoms with van der Waals surface area (Å²) in [7, 11) is -2.49. The average molecular weight is 217 g/mol. The van der Waals surface area contributed by atoms with Gasteiger partial charge in [0.1, 0.15) is 0 Å². The molecule has 0 aliphatic heterocycles. The van der Waals surface area contributed by atoms with Gasteiger partial charge in [-0.3, -0.25) is 4.79 Å². The molecular weight excluding hydrogens is 202 g/mol. The fourth-order valence-electron chi connectivity index (χ4n) is 0. The zero-order valence-corrected chi connectivity index (χ0v) is 9.34. The summed E-state index contributed by atoms with van der Waals surface area (Å²) in [6.45, 7) is 7.78. The molecule has 0 aliphatic rings. The van der Waals surface area contributed by atoms with Gasteiger partial charge in [0.05, 0.1) is 0 Å². The molecule has 5 nitrogen and oxygen atoms in total. The summed E-state index contributed by atoms with van der Waals surface area (Å²) < 4.78 is 8.70. The van der Waals surface area contributed by atoms with Gasteiger partial charge in [0.25, 0.3) is 5.97 Å². The van der Waals surface area contributed by atoms with E-state index in [-0.39, 0.29) is 0 Å². The Kier molecular flexibility index (Phi) is 20.1. The van der Waals surface area contributed by atoms with E-state index >= 15 is 0 Å². The Morgan fingerprint density at radius 1 is 1.25 bits per heavy atom. The van der Waals surface area contributed by atoms with Crippen LogP contribution in [-0.4, -0.2) is 40.9 Å². The maximum atomic E-state index is 9.00. The number of aliphatic carboxylic acids is 1. The number of hydrogen-bond donors (Lipinski definition) is 3. The Balaban J connectivity index is -0.000000101. The van der Waals surface area contributed by atoms with Crippen LogP contribution in [0.2, 0.25) is 0 Å². The lowest BCUT2D eigenvalue weighted by Gasteiger charge is -1.81. The fraction of sp³-hybridized carbons (Fsp3) is 0.800. The molecule has 0 saturated heterocycles. The van der Waals surface area contributed by atoms with Crippen LogP contribution in [0.25, 0.3) is 0 Å². The standard InChI is InChI=1S/C3H9P.C2H4O2.HO3P/c1-4(2)3;1-2(3)4;1-4(2)3/h1-3H3;1H3,(H,3,4);(H-,1,2,3)/p+1. The van der Waals surface area contributed by atoms with Crippen molar-refractivity contribution in [2.24, 2.45) is 0 Å². The summed E-state index contributed by atoms with van der Waals surface area (Å²) in [6.07, 6.45) is 0. The number of carboxylic acid groups (broad SMARTS) is 1. The summed E-state index contributed by atoms with van der Waals surface area (Å²) >= 11 is 0. The monoisotopic (exact) mass is 217 g/mol. The Bertz CT molecular complexity index is 102. The van der Waals surface area contributed by atoms with Crippen LogP contribution in [0.3, 0.4) is 0 Å². The van der Waals surface area contributed by atoms with E-state index in [9.17, 15) is 0 Å². The van der Waals surface area contributed by atoms with Gasteiger partial charge in [0.15, 0.2) is 0 Å². The first kappa shape index (κ1) is 17.9. The predicted octanol–water partition coefficient (Wildman–Crippen LogP) is 1.08. The summed E-state index contributed by atoms with van der Waals surface area (Å²) in [5.74, 6) is -0.833. The van der Waals surface area contributed by atoms with E-state index in [1.807, 2.05) is 0 Å². The van der Waals surface area contributed by atoms with Gasteiger partial charge in [-0.1, -0.05) is 0 Å². The summed E-state index contributed by atoms with van der Waals surface area (Å²) in [6, 6.07) is 0. The maximum Gasteiger partial charge on any atom is 0.692 e. The first-order chi connectivity index (χ1) is 5.20. The molecule has 0 aromatic rings. The summed E-state index contributed by atoms with van der Waals surface area (Å²) in [5.41, 5.74) is 0. The molecule has 0 atom stereocenters. The van der Waals surface area contributed by atoms with Gasteiger partial charge in [-0.05, 0) is 20.0 Å². The van der Waals surface area contributed by atoms with Crippen LogP contribution in [-0.2, 0) is 9.36 Å². The largest absolute Gasteiger partial charge is 0.692 e. The fourth-order valence-corrected chi connectivity index (χ4v) is 0. The second kappa shape index (κ2) is 13.5. The average Bonchev–Trinajstić information content (AvgIpc) is 1.54. The van der Waals surface area contributed by atoms with Crippen LogP contribution in [0.1, 0.15) is 6.92 Å². The molecule has 0 aromatic carbocycles. The van der Waals surface area contributed by atoms with Crippen LogP contribution in [0.4, 0.5) is 0 Å². The van der Waals surface area contributed by atoms with Crippen molar-refractivity contribution in [1.82, 2.24) is 0 Å². The SMILES string of the molecule is CC(=O)O.CP(C)C.O=[P+](O)O. The van der Waals surface area contributed by atoms with Gasteiger partial charge in [-0.25, -0.2) is 0 Å². The summed E-state index contributed by atoms with van der Waals surface area (Å²) in [4.78, 5) is 23.2. The van der Waals surface area contributed by atoms with Gasteiger partial charge >= 0.3 is 8.25 Å². The molecule has 0 rings (SSSR count). The highest BCUT2D eigenvalue weighted by atomic mass is 31.1. The first-order valence-corrected chi connectivity index (χ1v) is 6.70. The van der Waals surface area contributed by atoms with Crippen molar-refractivity contribution in [3.8, 4) is 0 Å². The Morgan fingerprint density at radius 2 is 1.25 bits per heavy atom. The third kappa shape index (κ3) is 123000.